The minimum Gasteiger partial charge on any atom is -0.486 e. The number of carbonyl (C=O) groups is 1. The summed E-state index contributed by atoms with van der Waals surface area (Å²) >= 11 is 0. The number of hydrogen-bond donors (Lipinski definition) is 1. The van der Waals surface area contributed by atoms with Crippen LogP contribution in [0.25, 0.3) is 0 Å². The molecule has 1 aromatic rings. The van der Waals surface area contributed by atoms with Crippen LogP contribution in [0.2, 0.25) is 0 Å². The summed E-state index contributed by atoms with van der Waals surface area (Å²) in [7, 11) is 1.60. The van der Waals surface area contributed by atoms with Gasteiger partial charge in [-0.05, 0) is 25.7 Å². The van der Waals surface area contributed by atoms with Crippen LogP contribution in [0.5, 0.6) is 5.75 Å². The monoisotopic (exact) mass is 210 g/mol. The van der Waals surface area contributed by atoms with Gasteiger partial charge in [-0.15, -0.1) is 0 Å². The second-order valence-corrected chi connectivity index (χ2v) is 3.81. The van der Waals surface area contributed by atoms with E-state index < -0.39 is 5.97 Å². The summed E-state index contributed by atoms with van der Waals surface area (Å²) < 4.78 is 6.95. The highest BCUT2D eigenvalue weighted by Crippen LogP contribution is 2.26. The van der Waals surface area contributed by atoms with Crippen molar-refractivity contribution in [3.8, 4) is 5.75 Å². The lowest BCUT2D eigenvalue weighted by atomic mass is 10.3. The van der Waals surface area contributed by atoms with Crippen LogP contribution in [0, 0.1) is 0 Å². The van der Waals surface area contributed by atoms with Crippen LogP contribution in [0.1, 0.15) is 36.2 Å². The molecule has 2 rings (SSSR count). The predicted octanol–water partition coefficient (Wildman–Crippen LogP) is 1.44. The first-order chi connectivity index (χ1) is 7.18. The van der Waals surface area contributed by atoms with E-state index in [1.807, 2.05) is 0 Å². The van der Waals surface area contributed by atoms with Crippen LogP contribution in [0.3, 0.4) is 0 Å². The molecule has 0 aromatic carbocycles. The molecule has 5 nitrogen and oxygen atoms in total. The summed E-state index contributed by atoms with van der Waals surface area (Å²) in [6.07, 6.45) is 5.97. The van der Waals surface area contributed by atoms with E-state index in [1.54, 1.807) is 7.05 Å². The van der Waals surface area contributed by atoms with Crippen molar-refractivity contribution in [3.63, 3.8) is 0 Å². The zero-order valence-corrected chi connectivity index (χ0v) is 8.64. The molecule has 0 unspecified atom stereocenters. The van der Waals surface area contributed by atoms with Gasteiger partial charge in [0.05, 0.1) is 12.3 Å². The molecule has 0 saturated heterocycles. The lowest BCUT2D eigenvalue weighted by Gasteiger charge is -2.11. The molecule has 15 heavy (non-hydrogen) atoms. The lowest BCUT2D eigenvalue weighted by molar-refractivity contribution is 0.0677. The van der Waals surface area contributed by atoms with Gasteiger partial charge in [0.15, 0.2) is 11.4 Å². The SMILES string of the molecule is Cn1ncc(OC2CCCC2)c1C(=O)O. The first-order valence-corrected chi connectivity index (χ1v) is 5.10. The second-order valence-electron chi connectivity index (χ2n) is 3.81. The molecule has 5 heteroatoms. The molecule has 0 radical (unpaired) electrons. The standard InChI is InChI=1S/C10H14N2O3/c1-12-9(10(13)14)8(6-11-12)15-7-4-2-3-5-7/h6-7H,2-5H2,1H3,(H,13,14). The van der Waals surface area contributed by atoms with Gasteiger partial charge in [0.2, 0.25) is 0 Å². The molecule has 82 valence electrons. The largest absolute Gasteiger partial charge is 0.486 e. The van der Waals surface area contributed by atoms with Gasteiger partial charge in [-0.2, -0.15) is 5.10 Å². The van der Waals surface area contributed by atoms with Gasteiger partial charge in [0, 0.05) is 7.05 Å². The van der Waals surface area contributed by atoms with Crippen LogP contribution in [0.15, 0.2) is 6.20 Å². The van der Waals surface area contributed by atoms with Crippen LogP contribution < -0.4 is 4.74 Å². The van der Waals surface area contributed by atoms with Gasteiger partial charge in [-0.1, -0.05) is 0 Å². The molecule has 1 aliphatic carbocycles. The Labute approximate surface area is 87.7 Å². The van der Waals surface area contributed by atoms with Crippen molar-refractivity contribution in [2.24, 2.45) is 7.05 Å². The molecule has 0 spiro atoms. The Bertz CT molecular complexity index is 367. The average Bonchev–Trinajstić information content (AvgIpc) is 2.76. The van der Waals surface area contributed by atoms with Crippen molar-refractivity contribution in [2.45, 2.75) is 31.8 Å². The maximum atomic E-state index is 10.9. The Balaban J connectivity index is 2.16. The highest BCUT2D eigenvalue weighted by Gasteiger charge is 2.22. The third kappa shape index (κ3) is 1.95. The number of carboxylic acid groups (broad SMARTS) is 1. The number of rotatable bonds is 3. The van der Waals surface area contributed by atoms with Gasteiger partial charge in [-0.3, -0.25) is 4.68 Å². The summed E-state index contributed by atoms with van der Waals surface area (Å²) in [5, 5.41) is 12.9. The number of carboxylic acids is 1. The lowest BCUT2D eigenvalue weighted by Crippen LogP contribution is -2.14. The van der Waals surface area contributed by atoms with Crippen molar-refractivity contribution in [1.29, 1.82) is 0 Å². The Morgan fingerprint density at radius 1 is 1.60 bits per heavy atom. The molecule has 0 bridgehead atoms. The number of aromatic carboxylic acids is 1. The topological polar surface area (TPSA) is 64.4 Å². The summed E-state index contributed by atoms with van der Waals surface area (Å²) in [4.78, 5) is 10.9. The van der Waals surface area contributed by atoms with E-state index in [-0.39, 0.29) is 11.8 Å². The third-order valence-corrected chi connectivity index (χ3v) is 2.70. The fourth-order valence-corrected chi connectivity index (χ4v) is 1.93. The van der Waals surface area contributed by atoms with Crippen molar-refractivity contribution in [1.82, 2.24) is 9.78 Å². The van der Waals surface area contributed by atoms with Crippen LogP contribution in [0.4, 0.5) is 0 Å². The number of nitrogens with zero attached hydrogens (tertiary/aromatic N) is 2. The highest BCUT2D eigenvalue weighted by molar-refractivity contribution is 5.88. The highest BCUT2D eigenvalue weighted by atomic mass is 16.5. The van der Waals surface area contributed by atoms with Crippen LogP contribution >= 0.6 is 0 Å². The second kappa shape index (κ2) is 3.92. The minimum atomic E-state index is -0.997. The zero-order valence-electron chi connectivity index (χ0n) is 8.64. The van der Waals surface area contributed by atoms with E-state index in [4.69, 9.17) is 9.84 Å². The number of ether oxygens (including phenoxy) is 1. The Kier molecular flexibility index (Phi) is 2.62. The molecule has 1 saturated carbocycles. The van der Waals surface area contributed by atoms with E-state index >= 15 is 0 Å². The first kappa shape index (κ1) is 10.0. The van der Waals surface area contributed by atoms with Crippen molar-refractivity contribution in [3.05, 3.63) is 11.9 Å². The minimum absolute atomic E-state index is 0.127. The van der Waals surface area contributed by atoms with Gasteiger partial charge in [-0.25, -0.2) is 4.79 Å². The molecular weight excluding hydrogens is 196 g/mol. The van der Waals surface area contributed by atoms with Crippen molar-refractivity contribution < 1.29 is 14.6 Å². The maximum Gasteiger partial charge on any atom is 0.358 e. The van der Waals surface area contributed by atoms with Gasteiger partial charge in [0.25, 0.3) is 0 Å². The molecular formula is C10H14N2O3. The molecule has 0 aliphatic heterocycles. The normalized spacial score (nSPS) is 16.9. The zero-order chi connectivity index (χ0) is 10.8. The fourth-order valence-electron chi connectivity index (χ4n) is 1.93. The van der Waals surface area contributed by atoms with Crippen molar-refractivity contribution in [2.75, 3.05) is 0 Å². The fraction of sp³-hybridized carbons (Fsp3) is 0.600. The van der Waals surface area contributed by atoms with Gasteiger partial charge in [0.1, 0.15) is 0 Å². The number of hydrogen-bond acceptors (Lipinski definition) is 3. The summed E-state index contributed by atoms with van der Waals surface area (Å²) in [5.74, 6) is -0.611. The van der Waals surface area contributed by atoms with E-state index in [0.29, 0.717) is 5.75 Å². The van der Waals surface area contributed by atoms with Gasteiger partial charge < -0.3 is 9.84 Å². The average molecular weight is 210 g/mol. The molecule has 1 fully saturated rings. The summed E-state index contributed by atoms with van der Waals surface area (Å²) in [6.45, 7) is 0. The number of aryl methyl sites for hydroxylation is 1. The third-order valence-electron chi connectivity index (χ3n) is 2.70. The van der Waals surface area contributed by atoms with E-state index in [2.05, 4.69) is 5.10 Å². The molecule has 1 N–H and O–H groups in total. The summed E-state index contributed by atoms with van der Waals surface area (Å²) in [5.41, 5.74) is 0.127. The van der Waals surface area contributed by atoms with Crippen LogP contribution in [-0.2, 0) is 7.05 Å². The Morgan fingerprint density at radius 3 is 2.87 bits per heavy atom. The quantitative estimate of drug-likeness (QED) is 0.819. The Hall–Kier alpha value is -1.52. The molecule has 0 amide bonds. The van der Waals surface area contributed by atoms with E-state index in [1.165, 1.54) is 10.9 Å². The molecule has 0 atom stereocenters. The Morgan fingerprint density at radius 2 is 2.27 bits per heavy atom. The predicted molar refractivity (Wildman–Crippen MR) is 53.1 cm³/mol. The van der Waals surface area contributed by atoms with Gasteiger partial charge >= 0.3 is 5.97 Å². The maximum absolute atomic E-state index is 10.9. The smallest absolute Gasteiger partial charge is 0.358 e. The molecule has 1 aromatic heterocycles. The molecule has 1 heterocycles. The number of aromatic nitrogens is 2. The van der Waals surface area contributed by atoms with Crippen LogP contribution in [-0.4, -0.2) is 27.0 Å². The van der Waals surface area contributed by atoms with E-state index in [0.717, 1.165) is 25.7 Å². The first-order valence-electron chi connectivity index (χ1n) is 5.10. The summed E-state index contributed by atoms with van der Waals surface area (Å²) in [6, 6.07) is 0. The van der Waals surface area contributed by atoms with Crippen molar-refractivity contribution >= 4 is 5.97 Å². The van der Waals surface area contributed by atoms with E-state index in [9.17, 15) is 4.79 Å². The molecule has 1 aliphatic rings.